The van der Waals surface area contributed by atoms with Crippen LogP contribution in [0.25, 0.3) is 16.8 Å². The molecule has 0 unspecified atom stereocenters. The molecule has 1 amide bonds. The van der Waals surface area contributed by atoms with Crippen molar-refractivity contribution in [3.05, 3.63) is 100 Å². The summed E-state index contributed by atoms with van der Waals surface area (Å²) < 4.78 is 8.16. The quantitative estimate of drug-likeness (QED) is 0.307. The molecule has 0 aliphatic carbocycles. The summed E-state index contributed by atoms with van der Waals surface area (Å²) in [5.41, 5.74) is 1.73. The van der Waals surface area contributed by atoms with Crippen LogP contribution in [0.1, 0.15) is 37.9 Å². The molecule has 1 N–H and O–H groups in total. The number of nitrogens with zero attached hydrogens (tertiary/aromatic N) is 3. The Bertz CT molecular complexity index is 1870. The van der Waals surface area contributed by atoms with Crippen LogP contribution in [0.3, 0.4) is 0 Å². The fourth-order valence-electron chi connectivity index (χ4n) is 5.12. The zero-order valence-corrected chi connectivity index (χ0v) is 25.5. The molecule has 10 heteroatoms. The summed E-state index contributed by atoms with van der Waals surface area (Å²) in [5.74, 6) is 0.349. The van der Waals surface area contributed by atoms with Crippen molar-refractivity contribution >= 4 is 61.6 Å². The Kier molecular flexibility index (Phi) is 7.90. The molecule has 3 aromatic carbocycles. The average molecular weight is 641 g/mol. The molecular formula is C30H27BrClN3O4S. The number of phenolic OH excluding ortho intramolecular Hbond substituents is 1. The number of ether oxygens (including phenoxy) is 1. The van der Waals surface area contributed by atoms with E-state index in [0.717, 1.165) is 10.8 Å². The summed E-state index contributed by atoms with van der Waals surface area (Å²) in [6.07, 6.45) is 1.60. The first kappa shape index (κ1) is 28.1. The fraction of sp³-hybridized carbons (Fsp3) is 0.233. The molecule has 1 aliphatic rings. The van der Waals surface area contributed by atoms with E-state index in [4.69, 9.17) is 21.3 Å². The minimum absolute atomic E-state index is 0.0314. The lowest BCUT2D eigenvalue weighted by Gasteiger charge is -2.30. The molecule has 0 saturated carbocycles. The SMILES string of the molecule is CCN(CC)C(=O)C1=C(C)N=c2s/c(=C/c3cc(Cl)cc(Br)c3O)c(=O)n2[C@H]1c1c(OC)ccc2ccccc12. The third-order valence-electron chi connectivity index (χ3n) is 7.07. The highest BCUT2D eigenvalue weighted by Crippen LogP contribution is 2.40. The number of rotatable bonds is 6. The average Bonchev–Trinajstić information content (AvgIpc) is 3.24. The zero-order valence-electron chi connectivity index (χ0n) is 22.4. The standard InChI is InChI=1S/C30H27BrClN3O4S/c1-5-34(6-2)29(38)24-16(3)33-30-35(26(24)25-20-10-8-7-9-17(20)11-12-22(25)39-4)28(37)23(40-30)14-18-13-19(32)15-21(31)27(18)36/h7-15,26,36H,5-6H2,1-4H3/b23-14+/t26-/m1/s1. The number of allylic oxidation sites excluding steroid dienone is 1. The van der Waals surface area contributed by atoms with Crippen molar-refractivity contribution in [2.45, 2.75) is 26.8 Å². The van der Waals surface area contributed by atoms with Gasteiger partial charge in [0.05, 0.1) is 27.4 Å². The van der Waals surface area contributed by atoms with Gasteiger partial charge < -0.3 is 14.7 Å². The number of halogens is 2. The second-order valence-electron chi connectivity index (χ2n) is 9.29. The third-order valence-corrected chi connectivity index (χ3v) is 8.88. The molecule has 40 heavy (non-hydrogen) atoms. The van der Waals surface area contributed by atoms with E-state index in [0.29, 0.717) is 60.1 Å². The van der Waals surface area contributed by atoms with E-state index >= 15 is 0 Å². The first-order valence-electron chi connectivity index (χ1n) is 12.8. The molecule has 0 saturated heterocycles. The lowest BCUT2D eigenvalue weighted by molar-refractivity contribution is -0.127. The van der Waals surface area contributed by atoms with Gasteiger partial charge in [-0.15, -0.1) is 0 Å². The normalized spacial score (nSPS) is 15.2. The summed E-state index contributed by atoms with van der Waals surface area (Å²) in [6.45, 7) is 6.68. The van der Waals surface area contributed by atoms with E-state index in [1.54, 1.807) is 41.7 Å². The van der Waals surface area contributed by atoms with E-state index in [-0.39, 0.29) is 17.2 Å². The number of amides is 1. The summed E-state index contributed by atoms with van der Waals surface area (Å²) >= 11 is 10.7. The fourth-order valence-corrected chi connectivity index (χ4v) is 6.99. The van der Waals surface area contributed by atoms with Crippen molar-refractivity contribution in [1.82, 2.24) is 9.47 Å². The number of benzene rings is 3. The van der Waals surface area contributed by atoms with Gasteiger partial charge in [0.2, 0.25) is 0 Å². The lowest BCUT2D eigenvalue weighted by Crippen LogP contribution is -2.43. The van der Waals surface area contributed by atoms with Gasteiger partial charge in [0.1, 0.15) is 17.5 Å². The second-order valence-corrected chi connectivity index (χ2v) is 11.6. The van der Waals surface area contributed by atoms with Gasteiger partial charge in [0.15, 0.2) is 4.80 Å². The first-order valence-corrected chi connectivity index (χ1v) is 14.7. The van der Waals surface area contributed by atoms with Crippen molar-refractivity contribution in [2.24, 2.45) is 4.99 Å². The van der Waals surface area contributed by atoms with Crippen LogP contribution in [0.5, 0.6) is 11.5 Å². The Labute approximate surface area is 248 Å². The number of likely N-dealkylation sites (N-methyl/N-ethyl adjacent to an activating group) is 1. The van der Waals surface area contributed by atoms with Gasteiger partial charge in [0, 0.05) is 29.2 Å². The maximum atomic E-state index is 14.2. The summed E-state index contributed by atoms with van der Waals surface area (Å²) in [5, 5.41) is 12.9. The smallest absolute Gasteiger partial charge is 0.271 e. The number of fused-ring (bicyclic) bond motifs is 2. The molecule has 1 aromatic heterocycles. The van der Waals surface area contributed by atoms with E-state index < -0.39 is 6.04 Å². The van der Waals surface area contributed by atoms with Crippen molar-refractivity contribution < 1.29 is 14.6 Å². The Hall–Kier alpha value is -3.40. The van der Waals surface area contributed by atoms with E-state index in [1.165, 1.54) is 11.3 Å². The van der Waals surface area contributed by atoms with Crippen LogP contribution < -0.4 is 19.6 Å². The summed E-state index contributed by atoms with van der Waals surface area (Å²) in [6, 6.07) is 14.0. The van der Waals surface area contributed by atoms with Gasteiger partial charge in [-0.1, -0.05) is 53.3 Å². The second kappa shape index (κ2) is 11.2. The number of aromatic nitrogens is 1. The third kappa shape index (κ3) is 4.76. The highest BCUT2D eigenvalue weighted by Gasteiger charge is 2.36. The molecule has 7 nitrogen and oxygen atoms in total. The number of phenols is 1. The summed E-state index contributed by atoms with van der Waals surface area (Å²) in [4.78, 5) is 35.1. The number of hydrogen-bond acceptors (Lipinski definition) is 6. The zero-order chi connectivity index (χ0) is 28.7. The van der Waals surface area contributed by atoms with Gasteiger partial charge in [-0.25, -0.2) is 4.99 Å². The Balaban J connectivity index is 1.87. The van der Waals surface area contributed by atoms with Crippen LogP contribution in [-0.2, 0) is 4.79 Å². The number of aromatic hydroxyl groups is 1. The molecule has 0 fully saturated rings. The predicted molar refractivity (Wildman–Crippen MR) is 163 cm³/mol. The number of carbonyl (C=O) groups excluding carboxylic acids is 1. The van der Waals surface area contributed by atoms with E-state index in [9.17, 15) is 14.7 Å². The molecule has 0 spiro atoms. The number of hydrogen-bond donors (Lipinski definition) is 1. The van der Waals surface area contributed by atoms with Crippen LogP contribution in [0.2, 0.25) is 5.02 Å². The Morgan fingerprint density at radius 2 is 1.95 bits per heavy atom. The molecule has 1 aliphatic heterocycles. The van der Waals surface area contributed by atoms with Crippen LogP contribution in [0, 0.1) is 0 Å². The Morgan fingerprint density at radius 1 is 1.23 bits per heavy atom. The molecule has 4 aromatic rings. The Morgan fingerprint density at radius 3 is 2.65 bits per heavy atom. The molecule has 5 rings (SSSR count). The lowest BCUT2D eigenvalue weighted by atomic mass is 9.90. The molecular weight excluding hydrogens is 614 g/mol. The van der Waals surface area contributed by atoms with Crippen molar-refractivity contribution in [2.75, 3.05) is 20.2 Å². The largest absolute Gasteiger partial charge is 0.506 e. The highest BCUT2D eigenvalue weighted by atomic mass is 79.9. The number of thiazole rings is 1. The maximum absolute atomic E-state index is 14.2. The van der Waals surface area contributed by atoms with Crippen LogP contribution in [0.4, 0.5) is 0 Å². The van der Waals surface area contributed by atoms with Crippen molar-refractivity contribution in [3.8, 4) is 11.5 Å². The first-order chi connectivity index (χ1) is 19.2. The number of carbonyl (C=O) groups is 1. The maximum Gasteiger partial charge on any atom is 0.271 e. The summed E-state index contributed by atoms with van der Waals surface area (Å²) in [7, 11) is 1.58. The van der Waals surface area contributed by atoms with Crippen LogP contribution in [0.15, 0.2) is 74.1 Å². The van der Waals surface area contributed by atoms with Crippen molar-refractivity contribution in [3.63, 3.8) is 0 Å². The topological polar surface area (TPSA) is 84.1 Å². The van der Waals surface area contributed by atoms with Gasteiger partial charge in [-0.3, -0.25) is 14.2 Å². The monoisotopic (exact) mass is 639 g/mol. The van der Waals surface area contributed by atoms with Gasteiger partial charge in [-0.2, -0.15) is 0 Å². The highest BCUT2D eigenvalue weighted by molar-refractivity contribution is 9.10. The molecule has 2 heterocycles. The molecule has 1 atom stereocenters. The van der Waals surface area contributed by atoms with Gasteiger partial charge in [0.25, 0.3) is 11.5 Å². The molecule has 206 valence electrons. The molecule has 0 radical (unpaired) electrons. The minimum atomic E-state index is -0.785. The predicted octanol–water partition coefficient (Wildman–Crippen LogP) is 5.39. The molecule has 0 bridgehead atoms. The van der Waals surface area contributed by atoms with E-state index in [2.05, 4.69) is 15.9 Å². The van der Waals surface area contributed by atoms with Gasteiger partial charge in [-0.05, 0) is 71.7 Å². The van der Waals surface area contributed by atoms with E-state index in [1.807, 2.05) is 50.2 Å². The van der Waals surface area contributed by atoms with Crippen LogP contribution in [-0.4, -0.2) is 40.7 Å². The van der Waals surface area contributed by atoms with Gasteiger partial charge >= 0.3 is 0 Å². The van der Waals surface area contributed by atoms with Crippen LogP contribution >= 0.6 is 38.9 Å². The minimum Gasteiger partial charge on any atom is -0.506 e. The number of methoxy groups -OCH3 is 1. The van der Waals surface area contributed by atoms with Crippen molar-refractivity contribution in [1.29, 1.82) is 0 Å².